The van der Waals surface area contributed by atoms with E-state index >= 15 is 0 Å². The molecule has 0 saturated carbocycles. The van der Waals surface area contributed by atoms with Gasteiger partial charge in [-0.3, -0.25) is 4.98 Å². The number of likely N-dealkylation sites (N-methyl/N-ethyl adjacent to an activating group) is 1. The zero-order chi connectivity index (χ0) is 21.2. The van der Waals surface area contributed by atoms with Crippen molar-refractivity contribution in [1.82, 2.24) is 9.97 Å². The molecule has 0 saturated heterocycles. The second-order valence-electron chi connectivity index (χ2n) is 7.27. The van der Waals surface area contributed by atoms with Gasteiger partial charge in [0.25, 0.3) is 0 Å². The quantitative estimate of drug-likeness (QED) is 0.305. The van der Waals surface area contributed by atoms with Gasteiger partial charge in [-0.2, -0.15) is 0 Å². The van der Waals surface area contributed by atoms with Gasteiger partial charge in [-0.1, -0.05) is 24.3 Å². The number of pyridine rings is 1. The standard InChI is InChI=1S/C25H22N4O2.ClH/c1-2-29(13-14-30)18-7-8-21-23(15-18)31-24-16-22(27-17-9-11-26-12-10-17)19-5-3-4-6-20(19)25(24)28-21;/h3-12,15-16,30H,2,13-14H2,1H3;1H. The topological polar surface area (TPSA) is 74.8 Å². The summed E-state index contributed by atoms with van der Waals surface area (Å²) in [6, 6.07) is 19.8. The summed E-state index contributed by atoms with van der Waals surface area (Å²) in [4.78, 5) is 15.9. The molecule has 0 atom stereocenters. The number of anilines is 1. The molecule has 1 N–H and O–H groups in total. The molecule has 0 fully saturated rings. The molecule has 0 amide bonds. The Hall–Kier alpha value is -3.48. The van der Waals surface area contributed by atoms with Gasteiger partial charge >= 0.3 is 0 Å². The van der Waals surface area contributed by atoms with Crippen LogP contribution in [0, 0.1) is 0 Å². The lowest BCUT2D eigenvalue weighted by Crippen LogP contribution is -2.25. The van der Waals surface area contributed by atoms with Crippen LogP contribution in [0.5, 0.6) is 0 Å². The summed E-state index contributed by atoms with van der Waals surface area (Å²) >= 11 is 0. The Bertz CT molecular complexity index is 1400. The van der Waals surface area contributed by atoms with E-state index in [-0.39, 0.29) is 19.0 Å². The Morgan fingerprint density at radius 2 is 1.78 bits per heavy atom. The fraction of sp³-hybridized carbons (Fsp3) is 0.160. The predicted molar refractivity (Wildman–Crippen MR) is 130 cm³/mol. The zero-order valence-electron chi connectivity index (χ0n) is 17.6. The average molecular weight is 447 g/mol. The monoisotopic (exact) mass is 446 g/mol. The van der Waals surface area contributed by atoms with E-state index in [9.17, 15) is 5.11 Å². The number of halogens is 1. The van der Waals surface area contributed by atoms with Crippen LogP contribution in [0.3, 0.4) is 0 Å². The first-order valence-electron chi connectivity index (χ1n) is 10.3. The van der Waals surface area contributed by atoms with Crippen LogP contribution >= 0.6 is 12.4 Å². The SMILES string of the molecule is CCN(CCO)c1ccc2nc3c4ccccc4c(=Nc4ccncc4)cc-3oc2c1.Cl. The first-order chi connectivity index (χ1) is 15.3. The zero-order valence-corrected chi connectivity index (χ0v) is 18.4. The molecule has 1 aliphatic heterocycles. The molecule has 2 heterocycles. The van der Waals surface area contributed by atoms with Gasteiger partial charge in [0.1, 0.15) is 11.2 Å². The Morgan fingerprint density at radius 3 is 2.53 bits per heavy atom. The minimum atomic E-state index is 0. The van der Waals surface area contributed by atoms with Crippen LogP contribution < -0.4 is 10.3 Å². The maximum atomic E-state index is 9.34. The van der Waals surface area contributed by atoms with E-state index in [1.54, 1.807) is 12.4 Å². The summed E-state index contributed by atoms with van der Waals surface area (Å²) in [5, 5.41) is 12.2. The molecule has 6 nitrogen and oxygen atoms in total. The van der Waals surface area contributed by atoms with Crippen LogP contribution in [0.15, 0.2) is 82.5 Å². The molecule has 7 heteroatoms. The molecule has 1 aromatic heterocycles. The van der Waals surface area contributed by atoms with E-state index in [4.69, 9.17) is 14.4 Å². The molecule has 0 unspecified atom stereocenters. The lowest BCUT2D eigenvalue weighted by Gasteiger charge is -2.22. The van der Waals surface area contributed by atoms with Crippen molar-refractivity contribution in [1.29, 1.82) is 0 Å². The number of aromatic nitrogens is 2. The molecule has 2 aliphatic rings. The van der Waals surface area contributed by atoms with Crippen molar-refractivity contribution in [3.63, 3.8) is 0 Å². The highest BCUT2D eigenvalue weighted by Gasteiger charge is 2.15. The van der Waals surface area contributed by atoms with Crippen molar-refractivity contribution in [2.75, 3.05) is 24.6 Å². The summed E-state index contributed by atoms with van der Waals surface area (Å²) in [7, 11) is 0. The van der Waals surface area contributed by atoms with Crippen molar-refractivity contribution in [2.24, 2.45) is 4.99 Å². The maximum absolute atomic E-state index is 9.34. The van der Waals surface area contributed by atoms with Gasteiger partial charge in [0.05, 0.1) is 17.7 Å². The lowest BCUT2D eigenvalue weighted by atomic mass is 10.0. The van der Waals surface area contributed by atoms with Gasteiger partial charge in [0.15, 0.2) is 11.3 Å². The largest absolute Gasteiger partial charge is 0.453 e. The van der Waals surface area contributed by atoms with Crippen LogP contribution in [-0.4, -0.2) is 34.8 Å². The minimum absolute atomic E-state index is 0. The summed E-state index contributed by atoms with van der Waals surface area (Å²) in [6.45, 7) is 3.54. The molecule has 32 heavy (non-hydrogen) atoms. The van der Waals surface area contributed by atoms with Crippen LogP contribution in [0.4, 0.5) is 11.4 Å². The molecule has 0 radical (unpaired) electrons. The van der Waals surface area contributed by atoms with Gasteiger partial charge in [0.2, 0.25) is 0 Å². The van der Waals surface area contributed by atoms with Crippen molar-refractivity contribution in [3.8, 4) is 11.5 Å². The minimum Gasteiger partial charge on any atom is -0.453 e. The third kappa shape index (κ3) is 4.02. The van der Waals surface area contributed by atoms with E-state index in [1.807, 2.05) is 54.6 Å². The van der Waals surface area contributed by atoms with Crippen molar-refractivity contribution < 1.29 is 9.52 Å². The molecule has 5 rings (SSSR count). The Balaban J connectivity index is 0.00000245. The highest BCUT2D eigenvalue weighted by molar-refractivity contribution is 5.96. The van der Waals surface area contributed by atoms with Crippen LogP contribution in [0.1, 0.15) is 6.92 Å². The highest BCUT2D eigenvalue weighted by Crippen LogP contribution is 2.31. The van der Waals surface area contributed by atoms with Crippen LogP contribution in [-0.2, 0) is 0 Å². The fourth-order valence-electron chi connectivity index (χ4n) is 3.86. The Morgan fingerprint density at radius 1 is 1.00 bits per heavy atom. The number of benzene rings is 3. The smallest absolute Gasteiger partial charge is 0.155 e. The second kappa shape index (κ2) is 9.34. The Kier molecular flexibility index (Phi) is 6.35. The third-order valence-corrected chi connectivity index (χ3v) is 5.38. The molecule has 0 spiro atoms. The van der Waals surface area contributed by atoms with Crippen molar-refractivity contribution >= 4 is 45.7 Å². The summed E-state index contributed by atoms with van der Waals surface area (Å²) < 4.78 is 6.32. The van der Waals surface area contributed by atoms with Gasteiger partial charge in [-0.25, -0.2) is 9.98 Å². The number of hydrogen-bond acceptors (Lipinski definition) is 6. The van der Waals surface area contributed by atoms with E-state index < -0.39 is 0 Å². The number of aliphatic hydroxyl groups is 1. The van der Waals surface area contributed by atoms with E-state index in [1.165, 1.54) is 0 Å². The molecule has 1 aliphatic carbocycles. The van der Waals surface area contributed by atoms with Gasteiger partial charge in [-0.15, -0.1) is 12.4 Å². The predicted octanol–water partition coefficient (Wildman–Crippen LogP) is 4.95. The molecule has 0 bridgehead atoms. The number of hydrogen-bond donors (Lipinski definition) is 1. The van der Waals surface area contributed by atoms with Gasteiger partial charge < -0.3 is 14.4 Å². The second-order valence-corrected chi connectivity index (χ2v) is 7.27. The van der Waals surface area contributed by atoms with E-state index in [0.29, 0.717) is 17.9 Å². The number of nitrogens with zero attached hydrogens (tertiary/aromatic N) is 4. The van der Waals surface area contributed by atoms with Crippen LogP contribution in [0.2, 0.25) is 0 Å². The first kappa shape index (κ1) is 21.7. The number of aliphatic hydroxyl groups excluding tert-OH is 1. The summed E-state index contributed by atoms with van der Waals surface area (Å²) in [6.07, 6.45) is 3.46. The van der Waals surface area contributed by atoms with Crippen molar-refractivity contribution in [3.05, 3.63) is 78.4 Å². The highest BCUT2D eigenvalue weighted by atomic mass is 35.5. The third-order valence-electron chi connectivity index (χ3n) is 5.38. The normalized spacial score (nSPS) is 11.8. The summed E-state index contributed by atoms with van der Waals surface area (Å²) in [5.74, 6) is 0.682. The summed E-state index contributed by atoms with van der Waals surface area (Å²) in [5.41, 5.74) is 4.13. The molecular weight excluding hydrogens is 424 g/mol. The van der Waals surface area contributed by atoms with Gasteiger partial charge in [0, 0.05) is 54.1 Å². The maximum Gasteiger partial charge on any atom is 0.155 e. The fourth-order valence-corrected chi connectivity index (χ4v) is 3.86. The van der Waals surface area contributed by atoms with Gasteiger partial charge in [-0.05, 0) is 31.2 Å². The number of fused-ring (bicyclic) bond motifs is 4. The molecule has 2 aromatic carbocycles. The van der Waals surface area contributed by atoms with Crippen molar-refractivity contribution in [2.45, 2.75) is 6.92 Å². The average Bonchev–Trinajstić information content (AvgIpc) is 2.82. The molecular formula is C25H23ClN4O2. The number of rotatable bonds is 5. The van der Waals surface area contributed by atoms with E-state index in [2.05, 4.69) is 22.9 Å². The Labute approximate surface area is 191 Å². The lowest BCUT2D eigenvalue weighted by molar-refractivity contribution is 0.302. The first-order valence-corrected chi connectivity index (χ1v) is 10.3. The van der Waals surface area contributed by atoms with Crippen LogP contribution in [0.25, 0.3) is 33.3 Å². The molecule has 162 valence electrons. The molecule has 3 aromatic rings. The van der Waals surface area contributed by atoms with E-state index in [0.717, 1.165) is 45.3 Å².